The number of β-amino-alcohol motifs (C(OH)–C–C–N with tert-alkyl or cyclic N) is 1. The third-order valence-corrected chi connectivity index (χ3v) is 8.43. The van der Waals surface area contributed by atoms with Crippen LogP contribution in [0.15, 0.2) is 75.0 Å². The van der Waals surface area contributed by atoms with Crippen molar-refractivity contribution < 1.29 is 5.11 Å². The number of rotatable bonds is 4. The maximum Gasteiger partial charge on any atom is 0.163 e. The summed E-state index contributed by atoms with van der Waals surface area (Å²) in [6.07, 6.45) is 20.9. The summed E-state index contributed by atoms with van der Waals surface area (Å²) < 4.78 is 0. The van der Waals surface area contributed by atoms with Crippen LogP contribution in [0.5, 0.6) is 0 Å². The van der Waals surface area contributed by atoms with Crippen molar-refractivity contribution in [1.82, 2.24) is 15.1 Å². The Morgan fingerprint density at radius 3 is 2.97 bits per heavy atom. The monoisotopic (exact) mass is 462 g/mol. The van der Waals surface area contributed by atoms with Crippen LogP contribution in [0.1, 0.15) is 6.42 Å². The van der Waals surface area contributed by atoms with E-state index in [1.165, 1.54) is 17.7 Å². The maximum absolute atomic E-state index is 9.18. The zero-order valence-corrected chi connectivity index (χ0v) is 19.5. The van der Waals surface area contributed by atoms with Crippen LogP contribution in [-0.2, 0) is 0 Å². The standard InChI is InChI=1S/C25H30N6OS/c32-13-12-30-8-10-31(11-9-30)20-2-1-6-27-23(15-20)29-24-28-21-4-3-18(14-22(21)33-24)25-5-7-26-17-19(25)16-25/h1-5,7,14-15,17,19,21-22,32H,6,8-13,16H2,(H,27,28,29). The van der Waals surface area contributed by atoms with Gasteiger partial charge in [-0.05, 0) is 18.1 Å². The first kappa shape index (κ1) is 21.1. The number of piperazine rings is 1. The number of nitrogens with zero attached hydrogens (tertiary/aromatic N) is 5. The van der Waals surface area contributed by atoms with Gasteiger partial charge in [0.25, 0.3) is 0 Å². The second-order valence-electron chi connectivity index (χ2n) is 9.33. The fourth-order valence-electron chi connectivity index (χ4n) is 5.28. The number of hydrogen-bond donors (Lipinski definition) is 2. The summed E-state index contributed by atoms with van der Waals surface area (Å²) in [5, 5.41) is 14.0. The lowest BCUT2D eigenvalue weighted by atomic mass is 9.87. The lowest BCUT2D eigenvalue weighted by Gasteiger charge is -2.36. The number of aliphatic hydroxyl groups is 1. The number of thioether (sulfide) groups is 1. The van der Waals surface area contributed by atoms with E-state index in [0.29, 0.717) is 17.7 Å². The molecule has 6 rings (SSSR count). The minimum Gasteiger partial charge on any atom is -0.395 e. The van der Waals surface area contributed by atoms with Crippen LogP contribution in [-0.4, -0.2) is 89.3 Å². The molecule has 0 aromatic carbocycles. The SMILES string of the molecule is OCCN1CCN(C2=CC(NC3=NC4C=CC(C56C=CN=CC5C6)=CC4S3)=NCC=C2)CC1. The Bertz CT molecular complexity index is 1050. The van der Waals surface area contributed by atoms with Crippen molar-refractivity contribution in [1.29, 1.82) is 0 Å². The molecule has 0 spiro atoms. The molecule has 33 heavy (non-hydrogen) atoms. The van der Waals surface area contributed by atoms with Crippen LogP contribution in [0.25, 0.3) is 0 Å². The van der Waals surface area contributed by atoms with E-state index in [4.69, 9.17) is 9.98 Å². The highest BCUT2D eigenvalue weighted by atomic mass is 32.2. The number of fused-ring (bicyclic) bond motifs is 2. The Labute approximate surface area is 199 Å². The molecule has 7 nitrogen and oxygen atoms in total. The smallest absolute Gasteiger partial charge is 0.163 e. The lowest BCUT2D eigenvalue weighted by molar-refractivity contribution is 0.134. The summed E-state index contributed by atoms with van der Waals surface area (Å²) in [4.78, 5) is 18.7. The van der Waals surface area contributed by atoms with Crippen LogP contribution < -0.4 is 5.32 Å². The molecule has 0 amide bonds. The molecule has 0 aromatic heterocycles. The van der Waals surface area contributed by atoms with Gasteiger partial charge in [-0.3, -0.25) is 19.9 Å². The van der Waals surface area contributed by atoms with Gasteiger partial charge in [0, 0.05) is 68.2 Å². The van der Waals surface area contributed by atoms with E-state index in [1.54, 1.807) is 11.8 Å². The minimum absolute atomic E-state index is 0.176. The van der Waals surface area contributed by atoms with Gasteiger partial charge in [-0.15, -0.1) is 0 Å². The zero-order chi connectivity index (χ0) is 22.3. The van der Waals surface area contributed by atoms with Crippen molar-refractivity contribution in [2.75, 3.05) is 45.9 Å². The lowest BCUT2D eigenvalue weighted by Crippen LogP contribution is -2.46. The van der Waals surface area contributed by atoms with E-state index < -0.39 is 0 Å². The van der Waals surface area contributed by atoms with Crippen LogP contribution in [0, 0.1) is 11.3 Å². The Kier molecular flexibility index (Phi) is 5.60. The molecule has 0 bridgehead atoms. The third-order valence-electron chi connectivity index (χ3n) is 7.32. The number of allylic oxidation sites excluding steroid dienone is 4. The van der Waals surface area contributed by atoms with Gasteiger partial charge in [-0.25, -0.2) is 0 Å². The fourth-order valence-corrected chi connectivity index (χ4v) is 6.39. The molecular weight excluding hydrogens is 432 g/mol. The van der Waals surface area contributed by atoms with E-state index in [9.17, 15) is 5.11 Å². The van der Waals surface area contributed by atoms with Crippen molar-refractivity contribution in [2.45, 2.75) is 17.7 Å². The summed E-state index contributed by atoms with van der Waals surface area (Å²) in [6, 6.07) is 0.184. The van der Waals surface area contributed by atoms with Gasteiger partial charge in [0.05, 0.1) is 24.4 Å². The molecule has 1 saturated heterocycles. The highest BCUT2D eigenvalue weighted by Gasteiger charge is 2.54. The highest BCUT2D eigenvalue weighted by molar-refractivity contribution is 8.14. The molecule has 1 saturated carbocycles. The number of aliphatic imine (C=N–C) groups is 3. The molecule has 2 aliphatic carbocycles. The molecule has 4 unspecified atom stereocenters. The number of nitrogens with one attached hydrogen (secondary N) is 1. The van der Waals surface area contributed by atoms with Gasteiger partial charge in [0.1, 0.15) is 5.84 Å². The van der Waals surface area contributed by atoms with E-state index in [0.717, 1.165) is 43.7 Å². The van der Waals surface area contributed by atoms with Crippen LogP contribution in [0.2, 0.25) is 0 Å². The Hall–Kier alpha value is -2.42. The molecule has 6 aliphatic rings. The normalized spacial score (nSPS) is 34.7. The van der Waals surface area contributed by atoms with E-state index in [-0.39, 0.29) is 18.1 Å². The van der Waals surface area contributed by atoms with Gasteiger partial charge < -0.3 is 15.3 Å². The quantitative estimate of drug-likeness (QED) is 0.668. The van der Waals surface area contributed by atoms with Gasteiger partial charge in [-0.1, -0.05) is 42.1 Å². The fraction of sp³-hybridized carbons (Fsp3) is 0.480. The first-order chi connectivity index (χ1) is 16.2. The molecule has 4 aliphatic heterocycles. The highest BCUT2D eigenvalue weighted by Crippen LogP contribution is 2.60. The Morgan fingerprint density at radius 1 is 1.21 bits per heavy atom. The minimum atomic E-state index is 0.176. The van der Waals surface area contributed by atoms with Crippen molar-refractivity contribution in [3.8, 4) is 0 Å². The van der Waals surface area contributed by atoms with Crippen LogP contribution >= 0.6 is 11.8 Å². The van der Waals surface area contributed by atoms with Crippen molar-refractivity contribution in [3.05, 3.63) is 60.0 Å². The van der Waals surface area contributed by atoms with Gasteiger partial charge >= 0.3 is 0 Å². The summed E-state index contributed by atoms with van der Waals surface area (Å²) in [7, 11) is 0. The van der Waals surface area contributed by atoms with Crippen LogP contribution in [0.3, 0.4) is 0 Å². The van der Waals surface area contributed by atoms with Crippen molar-refractivity contribution in [3.63, 3.8) is 0 Å². The van der Waals surface area contributed by atoms with E-state index in [2.05, 4.69) is 68.9 Å². The zero-order valence-electron chi connectivity index (χ0n) is 18.7. The molecule has 4 atom stereocenters. The average molecular weight is 463 g/mol. The molecule has 4 heterocycles. The predicted octanol–water partition coefficient (Wildman–Crippen LogP) is 1.98. The Balaban J connectivity index is 1.10. The second-order valence-corrected chi connectivity index (χ2v) is 10.5. The average Bonchev–Trinajstić information content (AvgIpc) is 3.52. The molecule has 8 heteroatoms. The predicted molar refractivity (Wildman–Crippen MR) is 136 cm³/mol. The van der Waals surface area contributed by atoms with E-state index >= 15 is 0 Å². The first-order valence-electron chi connectivity index (χ1n) is 11.9. The molecule has 0 radical (unpaired) electrons. The van der Waals surface area contributed by atoms with Crippen molar-refractivity contribution >= 4 is 29.0 Å². The van der Waals surface area contributed by atoms with Crippen molar-refractivity contribution in [2.24, 2.45) is 26.3 Å². The number of hydrogen-bond acceptors (Lipinski definition) is 8. The summed E-state index contributed by atoms with van der Waals surface area (Å²) in [5.41, 5.74) is 2.78. The summed E-state index contributed by atoms with van der Waals surface area (Å²) in [6.45, 7) is 5.52. The van der Waals surface area contributed by atoms with Gasteiger partial charge in [0.2, 0.25) is 0 Å². The molecular formula is C25H30N6OS. The van der Waals surface area contributed by atoms with E-state index in [1.807, 2.05) is 6.20 Å². The summed E-state index contributed by atoms with van der Waals surface area (Å²) in [5.74, 6) is 1.43. The molecule has 0 aromatic rings. The largest absolute Gasteiger partial charge is 0.395 e. The van der Waals surface area contributed by atoms with Crippen LogP contribution in [0.4, 0.5) is 0 Å². The third kappa shape index (κ3) is 4.16. The number of amidine groups is 2. The number of aliphatic hydroxyl groups excluding tert-OH is 1. The van der Waals surface area contributed by atoms with Gasteiger partial charge in [-0.2, -0.15) is 0 Å². The van der Waals surface area contributed by atoms with Gasteiger partial charge in [0.15, 0.2) is 5.17 Å². The molecule has 2 fully saturated rings. The second kappa shape index (κ2) is 8.74. The Morgan fingerprint density at radius 2 is 2.12 bits per heavy atom. The molecule has 2 N–H and O–H groups in total. The maximum atomic E-state index is 9.18. The summed E-state index contributed by atoms with van der Waals surface area (Å²) >= 11 is 1.80. The first-order valence-corrected chi connectivity index (χ1v) is 12.8. The molecule has 172 valence electrons. The topological polar surface area (TPSA) is 75.8 Å².